The highest BCUT2D eigenvalue weighted by Gasteiger charge is 2.12. The highest BCUT2D eigenvalue weighted by atomic mass is 32.1. The Labute approximate surface area is 149 Å². The summed E-state index contributed by atoms with van der Waals surface area (Å²) in [5.74, 6) is -1.08. The van der Waals surface area contributed by atoms with Gasteiger partial charge in [-0.1, -0.05) is 18.2 Å². The molecule has 2 N–H and O–H groups in total. The van der Waals surface area contributed by atoms with Crippen LogP contribution in [0.25, 0.3) is 10.9 Å². The van der Waals surface area contributed by atoms with Gasteiger partial charge in [-0.25, -0.2) is 9.78 Å². The molecule has 0 spiro atoms. The number of nitrogens with one attached hydrogen (secondary N) is 1. The summed E-state index contributed by atoms with van der Waals surface area (Å²) >= 11 is 1.30. The molecule has 2 heterocycles. The van der Waals surface area contributed by atoms with Gasteiger partial charge in [0.15, 0.2) is 5.69 Å². The number of hydrogen-bond acceptors (Lipinski definition) is 4. The number of aromatic carboxylic acids is 1. The Balaban J connectivity index is 1.58. The summed E-state index contributed by atoms with van der Waals surface area (Å²) in [4.78, 5) is 27.0. The van der Waals surface area contributed by atoms with Crippen molar-refractivity contribution in [3.05, 3.63) is 52.1 Å². The van der Waals surface area contributed by atoms with Gasteiger partial charge in [-0.05, 0) is 18.6 Å². The van der Waals surface area contributed by atoms with E-state index in [0.717, 1.165) is 23.0 Å². The Hall–Kier alpha value is -2.67. The van der Waals surface area contributed by atoms with E-state index in [2.05, 4.69) is 27.9 Å². The molecule has 3 aromatic rings. The van der Waals surface area contributed by atoms with Gasteiger partial charge in [0.1, 0.15) is 0 Å². The summed E-state index contributed by atoms with van der Waals surface area (Å²) in [5, 5.41) is 15.1. The van der Waals surface area contributed by atoms with Gasteiger partial charge in [-0.15, -0.1) is 11.3 Å². The van der Waals surface area contributed by atoms with Crippen LogP contribution in [0.4, 0.5) is 0 Å². The molecule has 0 unspecified atom stereocenters. The fourth-order valence-electron chi connectivity index (χ4n) is 2.79. The third kappa shape index (κ3) is 3.88. The number of carboxylic acids is 1. The number of aryl methyl sites for hydroxylation is 1. The van der Waals surface area contributed by atoms with E-state index in [0.29, 0.717) is 24.4 Å². The summed E-state index contributed by atoms with van der Waals surface area (Å²) in [6, 6.07) is 8.07. The number of carbonyl (C=O) groups excluding carboxylic acids is 1. The zero-order valence-electron chi connectivity index (χ0n) is 13.9. The van der Waals surface area contributed by atoms with Crippen molar-refractivity contribution in [2.75, 3.05) is 6.54 Å². The van der Waals surface area contributed by atoms with E-state index in [1.165, 1.54) is 16.7 Å². The standard InChI is InChI=1S/C18H19N3O3S/c1-2-21-10-12(13-5-3-4-6-15(13)21)9-16(22)19-8-7-17-20-14(11-25-17)18(23)24/h3-6,10-11H,2,7-9H2,1H3,(H,19,22)(H,23,24). The van der Waals surface area contributed by atoms with Crippen LogP contribution in [-0.4, -0.2) is 33.1 Å². The molecular weight excluding hydrogens is 338 g/mol. The van der Waals surface area contributed by atoms with Crippen LogP contribution in [0.1, 0.15) is 28.0 Å². The molecule has 2 aromatic heterocycles. The smallest absolute Gasteiger partial charge is 0.355 e. The Morgan fingerprint density at radius 2 is 2.12 bits per heavy atom. The lowest BCUT2D eigenvalue weighted by molar-refractivity contribution is -0.120. The van der Waals surface area contributed by atoms with E-state index in [9.17, 15) is 9.59 Å². The van der Waals surface area contributed by atoms with E-state index in [1.807, 2.05) is 24.4 Å². The number of carbonyl (C=O) groups is 2. The molecule has 0 aliphatic heterocycles. The van der Waals surface area contributed by atoms with Crippen molar-refractivity contribution in [1.29, 1.82) is 0 Å². The number of para-hydroxylation sites is 1. The number of rotatable bonds is 7. The maximum Gasteiger partial charge on any atom is 0.355 e. The number of amides is 1. The van der Waals surface area contributed by atoms with Crippen LogP contribution < -0.4 is 5.32 Å². The van der Waals surface area contributed by atoms with Crippen LogP contribution in [-0.2, 0) is 24.2 Å². The van der Waals surface area contributed by atoms with Gasteiger partial charge in [0.2, 0.25) is 5.91 Å². The first-order valence-electron chi connectivity index (χ1n) is 8.09. The summed E-state index contributed by atoms with van der Waals surface area (Å²) in [7, 11) is 0. The Morgan fingerprint density at radius 1 is 1.32 bits per heavy atom. The molecule has 7 heteroatoms. The predicted octanol–water partition coefficient (Wildman–Crippen LogP) is 2.72. The SMILES string of the molecule is CCn1cc(CC(=O)NCCc2nc(C(=O)O)cs2)c2ccccc21. The number of aromatic nitrogens is 2. The second kappa shape index (κ2) is 7.48. The van der Waals surface area contributed by atoms with E-state index in [-0.39, 0.29) is 11.6 Å². The first-order valence-corrected chi connectivity index (χ1v) is 8.97. The third-order valence-electron chi connectivity index (χ3n) is 3.99. The normalized spacial score (nSPS) is 10.9. The zero-order valence-corrected chi connectivity index (χ0v) is 14.7. The van der Waals surface area contributed by atoms with Gasteiger partial charge >= 0.3 is 5.97 Å². The number of benzene rings is 1. The molecule has 130 valence electrons. The molecule has 3 rings (SSSR count). The zero-order chi connectivity index (χ0) is 17.8. The fourth-order valence-corrected chi connectivity index (χ4v) is 3.57. The lowest BCUT2D eigenvalue weighted by Gasteiger charge is -2.03. The third-order valence-corrected chi connectivity index (χ3v) is 4.90. The van der Waals surface area contributed by atoms with Crippen LogP contribution in [0.15, 0.2) is 35.8 Å². The van der Waals surface area contributed by atoms with Crippen LogP contribution in [0.3, 0.4) is 0 Å². The van der Waals surface area contributed by atoms with Crippen molar-refractivity contribution in [1.82, 2.24) is 14.9 Å². The molecular formula is C18H19N3O3S. The van der Waals surface area contributed by atoms with Gasteiger partial charge in [-0.2, -0.15) is 0 Å². The van der Waals surface area contributed by atoms with Crippen molar-refractivity contribution < 1.29 is 14.7 Å². The minimum Gasteiger partial charge on any atom is -0.476 e. The lowest BCUT2D eigenvalue weighted by Crippen LogP contribution is -2.27. The van der Waals surface area contributed by atoms with Gasteiger partial charge in [0.25, 0.3) is 0 Å². The highest BCUT2D eigenvalue weighted by molar-refractivity contribution is 7.09. The topological polar surface area (TPSA) is 84.2 Å². The van der Waals surface area contributed by atoms with Crippen molar-refractivity contribution in [2.24, 2.45) is 0 Å². The number of nitrogens with zero attached hydrogens (tertiary/aromatic N) is 2. The van der Waals surface area contributed by atoms with E-state index in [1.54, 1.807) is 0 Å². The van der Waals surface area contributed by atoms with Gasteiger partial charge < -0.3 is 15.0 Å². The largest absolute Gasteiger partial charge is 0.476 e. The molecule has 0 bridgehead atoms. The monoisotopic (exact) mass is 357 g/mol. The average molecular weight is 357 g/mol. The highest BCUT2D eigenvalue weighted by Crippen LogP contribution is 2.21. The van der Waals surface area contributed by atoms with Gasteiger partial charge in [0.05, 0.1) is 11.4 Å². The molecule has 25 heavy (non-hydrogen) atoms. The van der Waals surface area contributed by atoms with Gasteiger partial charge in [0, 0.05) is 42.0 Å². The number of carboxylic acid groups (broad SMARTS) is 1. The van der Waals surface area contributed by atoms with Crippen LogP contribution >= 0.6 is 11.3 Å². The van der Waals surface area contributed by atoms with Crippen molar-refractivity contribution in [3.63, 3.8) is 0 Å². The average Bonchev–Trinajstić information content (AvgIpc) is 3.20. The molecule has 1 amide bonds. The molecule has 6 nitrogen and oxygen atoms in total. The minimum atomic E-state index is -1.03. The predicted molar refractivity (Wildman–Crippen MR) is 97.1 cm³/mol. The van der Waals surface area contributed by atoms with Crippen molar-refractivity contribution >= 4 is 34.1 Å². The quantitative estimate of drug-likeness (QED) is 0.681. The molecule has 0 radical (unpaired) electrons. The maximum absolute atomic E-state index is 12.2. The summed E-state index contributed by atoms with van der Waals surface area (Å²) < 4.78 is 2.14. The molecule has 0 saturated heterocycles. The van der Waals surface area contributed by atoms with E-state index >= 15 is 0 Å². The molecule has 0 atom stereocenters. The summed E-state index contributed by atoms with van der Waals surface area (Å²) in [6.07, 6.45) is 2.89. The number of fused-ring (bicyclic) bond motifs is 1. The Morgan fingerprint density at radius 3 is 2.84 bits per heavy atom. The van der Waals surface area contributed by atoms with E-state index in [4.69, 9.17) is 5.11 Å². The maximum atomic E-state index is 12.2. The van der Waals surface area contributed by atoms with Crippen molar-refractivity contribution in [2.45, 2.75) is 26.3 Å². The minimum absolute atomic E-state index is 0.0472. The van der Waals surface area contributed by atoms with Crippen LogP contribution in [0.5, 0.6) is 0 Å². The molecule has 1 aromatic carbocycles. The molecule has 0 saturated carbocycles. The van der Waals surface area contributed by atoms with Crippen LogP contribution in [0.2, 0.25) is 0 Å². The second-order valence-electron chi connectivity index (χ2n) is 5.67. The Bertz CT molecular complexity index is 913. The fraction of sp³-hybridized carbons (Fsp3) is 0.278. The number of thiazole rings is 1. The summed E-state index contributed by atoms with van der Waals surface area (Å²) in [5.41, 5.74) is 2.20. The molecule has 0 aliphatic carbocycles. The number of hydrogen-bond donors (Lipinski definition) is 2. The Kier molecular flexibility index (Phi) is 5.14. The lowest BCUT2D eigenvalue weighted by atomic mass is 10.1. The first kappa shape index (κ1) is 17.2. The summed E-state index contributed by atoms with van der Waals surface area (Å²) in [6.45, 7) is 3.38. The second-order valence-corrected chi connectivity index (χ2v) is 6.61. The molecule has 0 fully saturated rings. The van der Waals surface area contributed by atoms with E-state index < -0.39 is 5.97 Å². The van der Waals surface area contributed by atoms with Crippen LogP contribution in [0, 0.1) is 0 Å². The van der Waals surface area contributed by atoms with Gasteiger partial charge in [-0.3, -0.25) is 4.79 Å². The first-order chi connectivity index (χ1) is 12.1. The molecule has 0 aliphatic rings. The van der Waals surface area contributed by atoms with Crippen molar-refractivity contribution in [3.8, 4) is 0 Å².